The number of likely N-dealkylation sites (N-methyl/N-ethyl adjacent to an activating group) is 1. The zero-order valence-corrected chi connectivity index (χ0v) is 21.7. The lowest BCUT2D eigenvalue weighted by atomic mass is 10.0. The lowest BCUT2D eigenvalue weighted by molar-refractivity contribution is -0.138. The van der Waals surface area contributed by atoms with E-state index in [2.05, 4.69) is 15.4 Å². The summed E-state index contributed by atoms with van der Waals surface area (Å²) in [5.74, 6) is 0.246. The van der Waals surface area contributed by atoms with Crippen LogP contribution < -0.4 is 20.7 Å². The molecule has 2 aromatic heterocycles. The summed E-state index contributed by atoms with van der Waals surface area (Å²) in [5.41, 5.74) is -1.74. The first-order valence-corrected chi connectivity index (χ1v) is 12.2. The van der Waals surface area contributed by atoms with Gasteiger partial charge in [0.1, 0.15) is 16.8 Å². The monoisotopic (exact) mass is 557 g/mol. The number of fused-ring (bicyclic) bond motifs is 3. The summed E-state index contributed by atoms with van der Waals surface area (Å²) in [7, 11) is 1.66. The van der Waals surface area contributed by atoms with Gasteiger partial charge < -0.3 is 24.8 Å². The number of halogens is 4. The first-order chi connectivity index (χ1) is 17.9. The van der Waals surface area contributed by atoms with Crippen molar-refractivity contribution in [3.8, 4) is 0 Å². The molecule has 2 aliphatic heterocycles. The van der Waals surface area contributed by atoms with Crippen LogP contribution in [0, 0.1) is 6.92 Å². The van der Waals surface area contributed by atoms with Gasteiger partial charge in [0, 0.05) is 26.2 Å². The number of pyridine rings is 1. The van der Waals surface area contributed by atoms with Crippen molar-refractivity contribution in [2.45, 2.75) is 38.5 Å². The highest BCUT2D eigenvalue weighted by molar-refractivity contribution is 6.30. The fourth-order valence-electron chi connectivity index (χ4n) is 4.52. The van der Waals surface area contributed by atoms with E-state index >= 15 is 0 Å². The van der Waals surface area contributed by atoms with E-state index in [1.807, 2.05) is 17.9 Å². The first-order valence-electron chi connectivity index (χ1n) is 11.9. The third-order valence-electron chi connectivity index (χ3n) is 6.46. The van der Waals surface area contributed by atoms with Gasteiger partial charge in [-0.3, -0.25) is 14.4 Å². The van der Waals surface area contributed by atoms with Gasteiger partial charge in [0.25, 0.3) is 11.5 Å². The molecule has 1 fully saturated rings. The number of carbonyl (C=O) groups excluding carboxylic acids is 2. The lowest BCUT2D eigenvalue weighted by Gasteiger charge is -2.46. The summed E-state index contributed by atoms with van der Waals surface area (Å²) >= 11 is 6.22. The normalized spacial score (nSPS) is 18.2. The molecule has 38 heavy (non-hydrogen) atoms. The maximum atomic E-state index is 13.2. The van der Waals surface area contributed by atoms with Gasteiger partial charge in [-0.15, -0.1) is 0 Å². The Labute approximate surface area is 220 Å². The van der Waals surface area contributed by atoms with Crippen LogP contribution in [0.3, 0.4) is 0 Å². The summed E-state index contributed by atoms with van der Waals surface area (Å²) in [5, 5.41) is 8.12. The Balaban J connectivity index is 1.29. The van der Waals surface area contributed by atoms with Crippen LogP contribution in [0.1, 0.15) is 24.5 Å². The molecule has 4 heterocycles. The second-order valence-corrected chi connectivity index (χ2v) is 9.60. The van der Waals surface area contributed by atoms with E-state index < -0.39 is 35.1 Å². The molecule has 0 radical (unpaired) electrons. The van der Waals surface area contributed by atoms with Crippen LogP contribution in [0.25, 0.3) is 0 Å². The molecule has 1 saturated heterocycles. The molecule has 2 atom stereocenters. The third-order valence-corrected chi connectivity index (χ3v) is 6.85. The van der Waals surface area contributed by atoms with Crippen LogP contribution in [0.15, 0.2) is 17.1 Å². The van der Waals surface area contributed by atoms with Gasteiger partial charge in [-0.05, 0) is 25.5 Å². The summed E-state index contributed by atoms with van der Waals surface area (Å²) in [4.78, 5) is 46.9. The van der Waals surface area contributed by atoms with E-state index in [0.29, 0.717) is 29.7 Å². The van der Waals surface area contributed by atoms with Crippen molar-refractivity contribution in [1.82, 2.24) is 20.1 Å². The number of piperazine rings is 1. The van der Waals surface area contributed by atoms with Crippen molar-refractivity contribution in [2.24, 2.45) is 0 Å². The minimum Gasteiger partial charge on any atom is -0.379 e. The number of rotatable bonds is 7. The van der Waals surface area contributed by atoms with E-state index in [0.717, 1.165) is 11.8 Å². The second-order valence-electron chi connectivity index (χ2n) is 9.24. The Hall–Kier alpha value is -3.39. The number of ether oxygens (including phenoxy) is 1. The minimum absolute atomic E-state index is 0.0142. The highest BCUT2D eigenvalue weighted by Crippen LogP contribution is 2.37. The summed E-state index contributed by atoms with van der Waals surface area (Å²) in [6.07, 6.45) is -3.94. The summed E-state index contributed by atoms with van der Waals surface area (Å²) < 4.78 is 45.1. The number of alkyl halides is 3. The van der Waals surface area contributed by atoms with Crippen LogP contribution in [-0.4, -0.2) is 83.9 Å². The first kappa shape index (κ1) is 27.6. The number of hydrogen-bond donors (Lipinski definition) is 2. The second kappa shape index (κ2) is 10.8. The van der Waals surface area contributed by atoms with Crippen molar-refractivity contribution < 1.29 is 27.5 Å². The van der Waals surface area contributed by atoms with Gasteiger partial charge in [-0.1, -0.05) is 11.6 Å². The van der Waals surface area contributed by atoms with Gasteiger partial charge in [0.05, 0.1) is 43.8 Å². The Morgan fingerprint density at radius 1 is 1.34 bits per heavy atom. The van der Waals surface area contributed by atoms with E-state index in [4.69, 9.17) is 16.3 Å². The van der Waals surface area contributed by atoms with Crippen LogP contribution in [0.4, 0.5) is 30.4 Å². The van der Waals surface area contributed by atoms with Crippen LogP contribution >= 0.6 is 11.6 Å². The molecule has 0 aromatic carbocycles. The minimum atomic E-state index is -4.85. The number of nitrogens with one attached hydrogen (secondary N) is 2. The number of amides is 2. The zero-order valence-electron chi connectivity index (χ0n) is 20.9. The van der Waals surface area contributed by atoms with Crippen molar-refractivity contribution in [1.29, 1.82) is 0 Å². The molecule has 0 aliphatic carbocycles. The third kappa shape index (κ3) is 5.55. The van der Waals surface area contributed by atoms with E-state index in [-0.39, 0.29) is 38.0 Å². The van der Waals surface area contributed by atoms with E-state index in [1.54, 1.807) is 24.0 Å². The molecule has 11 nitrogen and oxygen atoms in total. The molecule has 0 saturated carbocycles. The van der Waals surface area contributed by atoms with Crippen molar-refractivity contribution >= 4 is 40.6 Å². The number of hydrogen-bond acceptors (Lipinski definition) is 8. The zero-order chi connectivity index (χ0) is 27.8. The standard InChI is InChI=1S/C23H27ClF3N7O4/c1-12-8-15-20(30-19(12)24)34-6-5-33(10-16(34)22(37)32(15)3)17(35)4-7-38-11-13(2)29-14-9-28-31-21(36)18(14)23(25,26)27/h8-9,13,16H,4-7,10-11H2,1-3H3,(H2,29,31,36)/t13-,16+/m0/s1. The number of aryl methyl sites for hydroxylation is 1. The molecule has 4 rings (SSSR count). The van der Waals surface area contributed by atoms with Crippen LogP contribution in [0.2, 0.25) is 5.15 Å². The topological polar surface area (TPSA) is 124 Å². The van der Waals surface area contributed by atoms with E-state index in [9.17, 15) is 27.6 Å². The Morgan fingerprint density at radius 2 is 2.08 bits per heavy atom. The van der Waals surface area contributed by atoms with Gasteiger partial charge in [-0.2, -0.15) is 18.3 Å². The Morgan fingerprint density at radius 3 is 2.79 bits per heavy atom. The van der Waals surface area contributed by atoms with Crippen molar-refractivity contribution in [3.05, 3.63) is 38.9 Å². The molecule has 0 bridgehead atoms. The smallest absolute Gasteiger partial charge is 0.379 e. The summed E-state index contributed by atoms with van der Waals surface area (Å²) in [6, 6.07) is 0.628. The molecule has 2 aliphatic rings. The quantitative estimate of drug-likeness (QED) is 0.392. The molecule has 2 N–H and O–H groups in total. The van der Waals surface area contributed by atoms with Crippen LogP contribution in [-0.2, 0) is 20.5 Å². The molecule has 2 aromatic rings. The van der Waals surface area contributed by atoms with Gasteiger partial charge >= 0.3 is 6.18 Å². The number of nitrogens with zero attached hydrogens (tertiary/aromatic N) is 5. The predicted molar refractivity (Wildman–Crippen MR) is 133 cm³/mol. The van der Waals surface area contributed by atoms with Gasteiger partial charge in [0.15, 0.2) is 5.82 Å². The fourth-order valence-corrected chi connectivity index (χ4v) is 4.65. The Bertz CT molecular complexity index is 1290. The number of anilines is 3. The average Bonchev–Trinajstić information content (AvgIpc) is 2.85. The lowest BCUT2D eigenvalue weighted by Crippen LogP contribution is -2.63. The highest BCUT2D eigenvalue weighted by Gasteiger charge is 2.42. The SMILES string of the molecule is Cc1cc2c(nc1Cl)N1CCN(C(=O)CCOC[C@H](C)Nc3cn[nH]c(=O)c3C(F)(F)F)C[C@@H]1C(=O)N2C. The molecular formula is C23H27ClF3N7O4. The predicted octanol–water partition coefficient (Wildman–Crippen LogP) is 2.05. The fraction of sp³-hybridized carbons (Fsp3) is 0.522. The summed E-state index contributed by atoms with van der Waals surface area (Å²) in [6.45, 7) is 4.38. The van der Waals surface area contributed by atoms with Gasteiger partial charge in [-0.25, -0.2) is 10.1 Å². The highest BCUT2D eigenvalue weighted by atomic mass is 35.5. The molecule has 206 valence electrons. The maximum absolute atomic E-state index is 13.2. The number of H-pyrrole nitrogens is 1. The molecular weight excluding hydrogens is 531 g/mol. The molecule has 2 amide bonds. The molecule has 15 heteroatoms. The van der Waals surface area contributed by atoms with Crippen molar-refractivity contribution in [2.75, 3.05) is 55.0 Å². The maximum Gasteiger partial charge on any atom is 0.423 e. The molecule has 0 spiro atoms. The number of aromatic nitrogens is 3. The average molecular weight is 558 g/mol. The Kier molecular flexibility index (Phi) is 7.83. The van der Waals surface area contributed by atoms with Gasteiger partial charge in [0.2, 0.25) is 5.91 Å². The largest absolute Gasteiger partial charge is 0.423 e. The van der Waals surface area contributed by atoms with Crippen molar-refractivity contribution in [3.63, 3.8) is 0 Å². The van der Waals surface area contributed by atoms with Crippen LogP contribution in [0.5, 0.6) is 0 Å². The number of carbonyl (C=O) groups is 2. The molecule has 0 unspecified atom stereocenters. The number of aromatic amines is 1. The van der Waals surface area contributed by atoms with E-state index in [1.165, 1.54) is 4.90 Å².